The molecule has 0 aliphatic rings. The van der Waals surface area contributed by atoms with Gasteiger partial charge in [-0.1, -0.05) is 55.8 Å². The second-order valence-corrected chi connectivity index (χ2v) is 9.67. The lowest BCUT2D eigenvalue weighted by atomic mass is 10.0. The third-order valence-electron chi connectivity index (χ3n) is 5.36. The Morgan fingerprint density at radius 2 is 1.75 bits per heavy atom. The summed E-state index contributed by atoms with van der Waals surface area (Å²) in [5, 5.41) is 8.43. The predicted octanol–water partition coefficient (Wildman–Crippen LogP) is 3.67. The van der Waals surface area contributed by atoms with Crippen LogP contribution in [0.1, 0.15) is 41.2 Å². The third-order valence-corrected chi connectivity index (χ3v) is 6.77. The van der Waals surface area contributed by atoms with Crippen molar-refractivity contribution in [2.24, 2.45) is 0 Å². The molecule has 1 unspecified atom stereocenters. The van der Waals surface area contributed by atoms with Crippen molar-refractivity contribution in [1.29, 1.82) is 0 Å². The molecule has 0 radical (unpaired) electrons. The van der Waals surface area contributed by atoms with Gasteiger partial charge in [-0.15, -0.1) is 11.3 Å². The molecule has 11 heteroatoms. The number of nitrogens with one attached hydrogen (secondary N) is 3. The lowest BCUT2D eigenvalue weighted by Gasteiger charge is -2.22. The van der Waals surface area contributed by atoms with Crippen molar-refractivity contribution in [3.8, 4) is 0 Å². The van der Waals surface area contributed by atoms with Crippen LogP contribution < -0.4 is 15.4 Å². The molecule has 0 fully saturated rings. The van der Waals surface area contributed by atoms with Crippen LogP contribution in [-0.4, -0.2) is 38.9 Å². The number of methoxy groups -OCH3 is 1. The average molecular weight is 530 g/mol. The number of aryl methyl sites for hydroxylation is 1. The molecule has 0 bridgehead atoms. The Hall–Kier alpha value is -3.28. The Labute approximate surface area is 217 Å². The summed E-state index contributed by atoms with van der Waals surface area (Å²) in [6.45, 7) is 2.08. The number of anilines is 1. The van der Waals surface area contributed by atoms with E-state index in [4.69, 9.17) is 9.72 Å². The Morgan fingerprint density at radius 3 is 2.39 bits per heavy atom. The number of alkyl carbamates (subject to hydrolysis) is 1. The number of amides is 2. The molecule has 0 saturated carbocycles. The van der Waals surface area contributed by atoms with E-state index in [9.17, 15) is 18.4 Å². The van der Waals surface area contributed by atoms with Crippen molar-refractivity contribution in [3.63, 3.8) is 0 Å². The molecule has 192 valence electrons. The molecule has 2 amide bonds. The summed E-state index contributed by atoms with van der Waals surface area (Å²) >= 11 is -0.936. The number of carbonyl (C=O) groups is 2. The van der Waals surface area contributed by atoms with Gasteiger partial charge < -0.3 is 24.6 Å². The van der Waals surface area contributed by atoms with Gasteiger partial charge in [0.15, 0.2) is 0 Å². The first-order chi connectivity index (χ1) is 17.4. The van der Waals surface area contributed by atoms with Crippen molar-refractivity contribution in [2.75, 3.05) is 11.8 Å². The molecule has 0 aliphatic carbocycles. The molecule has 2 aromatic carbocycles. The molecule has 0 saturated heterocycles. The lowest BCUT2D eigenvalue weighted by Crippen LogP contribution is -2.49. The van der Waals surface area contributed by atoms with Gasteiger partial charge in [-0.05, 0) is 36.1 Å². The van der Waals surface area contributed by atoms with Crippen molar-refractivity contribution in [3.05, 3.63) is 81.8 Å². The number of thiazole rings is 1. The highest BCUT2D eigenvalue weighted by molar-refractivity contribution is 7.80. The van der Waals surface area contributed by atoms with Gasteiger partial charge in [0.2, 0.25) is 5.91 Å². The van der Waals surface area contributed by atoms with Gasteiger partial charge in [-0.3, -0.25) is 9.00 Å². The van der Waals surface area contributed by atoms with E-state index < -0.39 is 29.4 Å². The zero-order chi connectivity index (χ0) is 25.9. The zero-order valence-electron chi connectivity index (χ0n) is 20.1. The second-order valence-electron chi connectivity index (χ2n) is 8.10. The van der Waals surface area contributed by atoms with Crippen LogP contribution in [0.4, 0.5) is 10.5 Å². The molecule has 1 aromatic heterocycles. The molecule has 3 atom stereocenters. The highest BCUT2D eigenvalue weighted by Crippen LogP contribution is 2.24. The first kappa shape index (κ1) is 27.3. The summed E-state index contributed by atoms with van der Waals surface area (Å²) in [6.07, 6.45) is 1.82. The second kappa shape index (κ2) is 13.7. The smallest absolute Gasteiger partial charge is 0.407 e. The average Bonchev–Trinajstić information content (AvgIpc) is 3.33. The van der Waals surface area contributed by atoms with Crippen LogP contribution in [0.5, 0.6) is 0 Å². The molecule has 3 aromatic rings. The van der Waals surface area contributed by atoms with Gasteiger partial charge in [0.1, 0.15) is 11.0 Å². The monoisotopic (exact) mass is 529 g/mol. The summed E-state index contributed by atoms with van der Waals surface area (Å²) in [5.41, 5.74) is 3.18. The Kier molecular flexibility index (Phi) is 10.4. The van der Waals surface area contributed by atoms with E-state index in [0.717, 1.165) is 34.7 Å². The number of aromatic nitrogens is 1. The molecule has 1 heterocycles. The van der Waals surface area contributed by atoms with Crippen molar-refractivity contribution in [2.45, 2.75) is 44.7 Å². The largest absolute Gasteiger partial charge is 0.755 e. The summed E-state index contributed by atoms with van der Waals surface area (Å²) in [6, 6.07) is 15.0. The SMILES string of the molecule is CCCc1csc([C@H](Cc2ccc(NS(=O)[O-])cc2)NC(=O)[C@H](Cc2ccccc2)NC(=O)OC)n1. The van der Waals surface area contributed by atoms with E-state index >= 15 is 0 Å². The van der Waals surface area contributed by atoms with E-state index in [0.29, 0.717) is 18.5 Å². The Morgan fingerprint density at radius 1 is 1.06 bits per heavy atom. The van der Waals surface area contributed by atoms with Crippen molar-refractivity contribution < 1.29 is 23.1 Å². The van der Waals surface area contributed by atoms with Gasteiger partial charge >= 0.3 is 6.09 Å². The molecule has 0 spiro atoms. The molecule has 36 heavy (non-hydrogen) atoms. The summed E-state index contributed by atoms with van der Waals surface area (Å²) in [5.74, 6) is -0.360. The van der Waals surface area contributed by atoms with Crippen LogP contribution in [0.2, 0.25) is 0 Å². The number of rotatable bonds is 12. The number of benzene rings is 2. The first-order valence-corrected chi connectivity index (χ1v) is 13.4. The van der Waals surface area contributed by atoms with Crippen LogP contribution in [-0.2, 0) is 40.1 Å². The number of hydrogen-bond acceptors (Lipinski definition) is 7. The topological polar surface area (TPSA) is 132 Å². The number of hydrogen-bond donors (Lipinski definition) is 3. The van der Waals surface area contributed by atoms with Gasteiger partial charge in [0, 0.05) is 28.8 Å². The molecule has 3 N–H and O–H groups in total. The van der Waals surface area contributed by atoms with Crippen LogP contribution in [0.15, 0.2) is 60.0 Å². The zero-order valence-corrected chi connectivity index (χ0v) is 21.7. The fourth-order valence-electron chi connectivity index (χ4n) is 3.63. The summed E-state index contributed by atoms with van der Waals surface area (Å²) in [4.78, 5) is 30.1. The minimum atomic E-state index is -2.41. The van der Waals surface area contributed by atoms with Crippen LogP contribution in [0, 0.1) is 0 Å². The van der Waals surface area contributed by atoms with Gasteiger partial charge in [-0.2, -0.15) is 0 Å². The van der Waals surface area contributed by atoms with Gasteiger partial charge in [0.25, 0.3) is 0 Å². The van der Waals surface area contributed by atoms with E-state index in [1.165, 1.54) is 18.4 Å². The summed E-state index contributed by atoms with van der Waals surface area (Å²) in [7, 11) is 1.25. The fourth-order valence-corrected chi connectivity index (χ4v) is 4.86. The maximum atomic E-state index is 13.4. The van der Waals surface area contributed by atoms with E-state index in [1.54, 1.807) is 24.3 Å². The standard InChI is InChI=1S/C25H30N4O5S2/c1-3-7-20-16-35-24(26-20)22(15-18-10-12-19(13-11-18)29-36(32)33)27-23(30)21(28-25(31)34-2)14-17-8-5-4-6-9-17/h4-6,8-13,16,21-22,29H,3,7,14-15H2,1-2H3,(H,27,30)(H,28,31)(H,32,33)/p-1/t21-,22-/m0/s1. The van der Waals surface area contributed by atoms with Crippen LogP contribution in [0.3, 0.4) is 0 Å². The van der Waals surface area contributed by atoms with Crippen LogP contribution >= 0.6 is 11.3 Å². The van der Waals surface area contributed by atoms with E-state index in [1.807, 2.05) is 35.7 Å². The maximum Gasteiger partial charge on any atom is 0.407 e. The molecule has 9 nitrogen and oxygen atoms in total. The Balaban J connectivity index is 1.82. The lowest BCUT2D eigenvalue weighted by molar-refractivity contribution is -0.123. The summed E-state index contributed by atoms with van der Waals surface area (Å²) < 4.78 is 28.8. The quantitative estimate of drug-likeness (QED) is 0.307. The van der Waals surface area contributed by atoms with Crippen molar-refractivity contribution in [1.82, 2.24) is 15.6 Å². The third kappa shape index (κ3) is 8.43. The van der Waals surface area contributed by atoms with Crippen LogP contribution in [0.25, 0.3) is 0 Å². The maximum absolute atomic E-state index is 13.4. The highest BCUT2D eigenvalue weighted by atomic mass is 32.2. The van der Waals surface area contributed by atoms with Gasteiger partial charge in [-0.25, -0.2) is 9.78 Å². The minimum Gasteiger partial charge on any atom is -0.755 e. The number of carbonyl (C=O) groups excluding carboxylic acids is 2. The molecular weight excluding hydrogens is 500 g/mol. The minimum absolute atomic E-state index is 0.292. The van der Waals surface area contributed by atoms with Gasteiger partial charge in [0.05, 0.1) is 18.8 Å². The Bertz CT molecular complexity index is 1150. The van der Waals surface area contributed by atoms with Crippen molar-refractivity contribution >= 4 is 40.3 Å². The fraction of sp³-hybridized carbons (Fsp3) is 0.320. The molecule has 0 aliphatic heterocycles. The molecule has 3 rings (SSSR count). The van der Waals surface area contributed by atoms with E-state index in [2.05, 4.69) is 22.3 Å². The normalized spacial score (nSPS) is 13.3. The number of ether oxygens (including phenoxy) is 1. The first-order valence-electron chi connectivity index (χ1n) is 11.5. The van der Waals surface area contributed by atoms with E-state index in [-0.39, 0.29) is 5.91 Å². The number of nitrogens with zero attached hydrogens (tertiary/aromatic N) is 1. The predicted molar refractivity (Wildman–Crippen MR) is 139 cm³/mol. The molecular formula is C25H29N4O5S2-. The highest BCUT2D eigenvalue weighted by Gasteiger charge is 2.26.